The molecule has 1 aliphatic heterocycles. The Morgan fingerprint density at radius 1 is 1.43 bits per heavy atom. The molecule has 1 saturated heterocycles. The van der Waals surface area contributed by atoms with Crippen LogP contribution in [0.3, 0.4) is 0 Å². The molecule has 0 aliphatic carbocycles. The first-order valence-electron chi connectivity index (χ1n) is 6.31. The van der Waals surface area contributed by atoms with Gasteiger partial charge in [-0.1, -0.05) is 11.6 Å². The maximum absolute atomic E-state index is 12.6. The SMILES string of the molecule is NC(=O)NC1CCN(c2ncc(C(F)(F)F)cc2Cl)CC1. The fourth-order valence-electron chi connectivity index (χ4n) is 2.26. The Morgan fingerprint density at radius 3 is 2.52 bits per heavy atom. The highest BCUT2D eigenvalue weighted by molar-refractivity contribution is 6.33. The second-order valence-corrected chi connectivity index (χ2v) is 5.20. The Labute approximate surface area is 124 Å². The zero-order valence-corrected chi connectivity index (χ0v) is 11.7. The molecule has 0 spiro atoms. The van der Waals surface area contributed by atoms with Crippen molar-refractivity contribution in [2.75, 3.05) is 18.0 Å². The highest BCUT2D eigenvalue weighted by Gasteiger charge is 2.32. The smallest absolute Gasteiger partial charge is 0.355 e. The predicted octanol–water partition coefficient (Wildman–Crippen LogP) is 2.39. The molecule has 5 nitrogen and oxygen atoms in total. The number of nitrogens with two attached hydrogens (primary N) is 1. The maximum atomic E-state index is 12.6. The van der Waals surface area contributed by atoms with Crippen LogP contribution < -0.4 is 16.0 Å². The minimum Gasteiger partial charge on any atom is -0.355 e. The quantitative estimate of drug-likeness (QED) is 0.878. The summed E-state index contributed by atoms with van der Waals surface area (Å²) in [5.74, 6) is 0.321. The molecule has 2 amide bonds. The van der Waals surface area contributed by atoms with Gasteiger partial charge in [0.05, 0.1) is 10.6 Å². The van der Waals surface area contributed by atoms with Gasteiger partial charge in [-0.2, -0.15) is 13.2 Å². The molecular formula is C12H14ClF3N4O. The normalized spacial score (nSPS) is 16.9. The molecule has 0 unspecified atom stereocenters. The lowest BCUT2D eigenvalue weighted by atomic mass is 10.1. The van der Waals surface area contributed by atoms with Crippen LogP contribution in [0.2, 0.25) is 5.02 Å². The van der Waals surface area contributed by atoms with Crippen molar-refractivity contribution in [3.05, 3.63) is 22.8 Å². The number of amides is 2. The van der Waals surface area contributed by atoms with E-state index in [1.54, 1.807) is 4.90 Å². The Bertz CT molecular complexity index is 530. The third-order valence-corrected chi connectivity index (χ3v) is 3.57. The minimum atomic E-state index is -4.46. The third-order valence-electron chi connectivity index (χ3n) is 3.29. The van der Waals surface area contributed by atoms with Gasteiger partial charge in [0.2, 0.25) is 0 Å². The predicted molar refractivity (Wildman–Crippen MR) is 72.2 cm³/mol. The second-order valence-electron chi connectivity index (χ2n) is 4.80. The zero-order valence-electron chi connectivity index (χ0n) is 11.0. The molecule has 2 rings (SSSR count). The van der Waals surface area contributed by atoms with Crippen molar-refractivity contribution in [2.45, 2.75) is 25.1 Å². The highest BCUT2D eigenvalue weighted by Crippen LogP contribution is 2.34. The lowest BCUT2D eigenvalue weighted by Gasteiger charge is -2.33. The van der Waals surface area contributed by atoms with Gasteiger partial charge in [0, 0.05) is 25.3 Å². The van der Waals surface area contributed by atoms with E-state index in [1.807, 2.05) is 0 Å². The number of carbonyl (C=O) groups is 1. The number of nitrogens with zero attached hydrogens (tertiary/aromatic N) is 2. The number of hydrogen-bond donors (Lipinski definition) is 2. The highest BCUT2D eigenvalue weighted by atomic mass is 35.5. The number of piperidine rings is 1. The van der Waals surface area contributed by atoms with Crippen molar-refractivity contribution in [3.63, 3.8) is 0 Å². The summed E-state index contributed by atoms with van der Waals surface area (Å²) in [5, 5.41) is 2.57. The van der Waals surface area contributed by atoms with E-state index in [1.165, 1.54) is 0 Å². The molecule has 0 atom stereocenters. The fourth-order valence-corrected chi connectivity index (χ4v) is 2.54. The summed E-state index contributed by atoms with van der Waals surface area (Å²) in [6.45, 7) is 1.06. The Balaban J connectivity index is 2.05. The van der Waals surface area contributed by atoms with E-state index >= 15 is 0 Å². The molecule has 21 heavy (non-hydrogen) atoms. The standard InChI is InChI=1S/C12H14ClF3N4O/c13-9-5-7(12(14,15)16)6-18-10(9)20-3-1-8(2-4-20)19-11(17)21/h5-6,8H,1-4H2,(H3,17,19,21). The van der Waals surface area contributed by atoms with Crippen LogP contribution >= 0.6 is 11.6 Å². The van der Waals surface area contributed by atoms with Gasteiger partial charge in [-0.3, -0.25) is 0 Å². The van der Waals surface area contributed by atoms with Crippen molar-refractivity contribution in [3.8, 4) is 0 Å². The summed E-state index contributed by atoms with van der Waals surface area (Å²) in [5.41, 5.74) is 4.17. The van der Waals surface area contributed by atoms with Crippen LogP contribution in [0.15, 0.2) is 12.3 Å². The fraction of sp³-hybridized carbons (Fsp3) is 0.500. The third kappa shape index (κ3) is 3.90. The van der Waals surface area contributed by atoms with Gasteiger partial charge >= 0.3 is 12.2 Å². The summed E-state index contributed by atoms with van der Waals surface area (Å²) >= 11 is 5.90. The van der Waals surface area contributed by atoms with Crippen molar-refractivity contribution in [1.82, 2.24) is 10.3 Å². The van der Waals surface area contributed by atoms with E-state index in [4.69, 9.17) is 17.3 Å². The molecule has 2 heterocycles. The lowest BCUT2D eigenvalue weighted by Crippen LogP contribution is -2.46. The lowest BCUT2D eigenvalue weighted by molar-refractivity contribution is -0.137. The van der Waals surface area contributed by atoms with Crippen LogP contribution in [0.25, 0.3) is 0 Å². The van der Waals surface area contributed by atoms with E-state index in [-0.39, 0.29) is 11.1 Å². The van der Waals surface area contributed by atoms with Crippen LogP contribution in [0.4, 0.5) is 23.8 Å². The summed E-state index contributed by atoms with van der Waals surface area (Å²) < 4.78 is 37.7. The van der Waals surface area contributed by atoms with Gasteiger partial charge in [0.15, 0.2) is 0 Å². The second kappa shape index (κ2) is 5.97. The molecule has 0 saturated carbocycles. The molecule has 1 aromatic heterocycles. The molecular weight excluding hydrogens is 309 g/mol. The first kappa shape index (κ1) is 15.7. The number of urea groups is 1. The largest absolute Gasteiger partial charge is 0.417 e. The number of aromatic nitrogens is 1. The van der Waals surface area contributed by atoms with E-state index in [0.29, 0.717) is 31.7 Å². The number of alkyl halides is 3. The average Bonchev–Trinajstić information content (AvgIpc) is 2.38. The number of rotatable bonds is 2. The van der Waals surface area contributed by atoms with Crippen LogP contribution in [0, 0.1) is 0 Å². The number of hydrogen-bond acceptors (Lipinski definition) is 3. The molecule has 3 N–H and O–H groups in total. The summed E-state index contributed by atoms with van der Waals surface area (Å²) in [4.78, 5) is 16.4. The van der Waals surface area contributed by atoms with Crippen LogP contribution in [-0.4, -0.2) is 30.1 Å². The van der Waals surface area contributed by atoms with E-state index < -0.39 is 17.8 Å². The topological polar surface area (TPSA) is 71.2 Å². The number of carbonyl (C=O) groups excluding carboxylic acids is 1. The molecule has 9 heteroatoms. The molecule has 0 radical (unpaired) electrons. The Kier molecular flexibility index (Phi) is 4.46. The number of anilines is 1. The molecule has 0 aromatic carbocycles. The summed E-state index contributed by atoms with van der Waals surface area (Å²) in [6.07, 6.45) is -2.44. The van der Waals surface area contributed by atoms with Gasteiger partial charge in [0.25, 0.3) is 0 Å². The van der Waals surface area contributed by atoms with Gasteiger partial charge < -0.3 is 16.0 Å². The van der Waals surface area contributed by atoms with Crippen LogP contribution in [0.1, 0.15) is 18.4 Å². The number of halogens is 4. The summed E-state index contributed by atoms with van der Waals surface area (Å²) in [6, 6.07) is 0.253. The summed E-state index contributed by atoms with van der Waals surface area (Å²) in [7, 11) is 0. The van der Waals surface area contributed by atoms with Crippen LogP contribution in [0.5, 0.6) is 0 Å². The number of nitrogens with one attached hydrogen (secondary N) is 1. The maximum Gasteiger partial charge on any atom is 0.417 e. The molecule has 0 bridgehead atoms. The van der Waals surface area contributed by atoms with Crippen molar-refractivity contribution in [1.29, 1.82) is 0 Å². The molecule has 1 aromatic rings. The number of primary amides is 1. The van der Waals surface area contributed by atoms with Crippen LogP contribution in [-0.2, 0) is 6.18 Å². The van der Waals surface area contributed by atoms with Gasteiger partial charge in [-0.25, -0.2) is 9.78 Å². The van der Waals surface area contributed by atoms with E-state index in [0.717, 1.165) is 12.3 Å². The average molecular weight is 323 g/mol. The first-order valence-corrected chi connectivity index (χ1v) is 6.69. The van der Waals surface area contributed by atoms with E-state index in [9.17, 15) is 18.0 Å². The first-order chi connectivity index (χ1) is 9.77. The monoisotopic (exact) mass is 322 g/mol. The van der Waals surface area contributed by atoms with Crippen molar-refractivity contribution < 1.29 is 18.0 Å². The zero-order chi connectivity index (χ0) is 15.6. The van der Waals surface area contributed by atoms with Crippen molar-refractivity contribution in [2.24, 2.45) is 5.73 Å². The van der Waals surface area contributed by atoms with Gasteiger partial charge in [-0.15, -0.1) is 0 Å². The molecule has 116 valence electrons. The van der Waals surface area contributed by atoms with Crippen molar-refractivity contribution >= 4 is 23.4 Å². The van der Waals surface area contributed by atoms with Gasteiger partial charge in [0.1, 0.15) is 5.82 Å². The minimum absolute atomic E-state index is 0.0352. The molecule has 1 aliphatic rings. The molecule has 1 fully saturated rings. The van der Waals surface area contributed by atoms with Gasteiger partial charge in [-0.05, 0) is 18.9 Å². The number of pyridine rings is 1. The Hall–Kier alpha value is -1.70. The van der Waals surface area contributed by atoms with E-state index in [2.05, 4.69) is 10.3 Å². The Morgan fingerprint density at radius 2 is 2.05 bits per heavy atom.